The Hall–Kier alpha value is -2.16. The molecular weight excluding hydrogens is 236 g/mol. The number of nitrogens with one attached hydrogen (secondary N) is 1. The van der Waals surface area contributed by atoms with Crippen LogP contribution in [0.1, 0.15) is 35.3 Å². The van der Waals surface area contributed by atoms with Crippen LogP contribution in [0.2, 0.25) is 0 Å². The highest BCUT2D eigenvalue weighted by Gasteiger charge is 2.07. The third-order valence-electron chi connectivity index (χ3n) is 3.05. The molecule has 0 fully saturated rings. The number of aryl methyl sites for hydroxylation is 2. The number of hydrogen-bond donors (Lipinski definition) is 1. The van der Waals surface area contributed by atoms with E-state index in [0.29, 0.717) is 5.56 Å². The molecule has 0 radical (unpaired) electrons. The molecule has 0 aliphatic carbocycles. The van der Waals surface area contributed by atoms with Crippen molar-refractivity contribution >= 4 is 11.6 Å². The number of anilines is 1. The summed E-state index contributed by atoms with van der Waals surface area (Å²) in [4.78, 5) is 16.0. The van der Waals surface area contributed by atoms with Gasteiger partial charge in [0, 0.05) is 18.1 Å². The maximum absolute atomic E-state index is 12.1. The summed E-state index contributed by atoms with van der Waals surface area (Å²) in [5, 5.41) is 2.93. The average molecular weight is 254 g/mol. The molecule has 2 aromatic rings. The number of carbonyl (C=O) groups excluding carboxylic acids is 1. The van der Waals surface area contributed by atoms with E-state index >= 15 is 0 Å². The van der Waals surface area contributed by atoms with Crippen molar-refractivity contribution in [2.75, 3.05) is 5.32 Å². The Balaban J connectivity index is 2.21. The number of hydrogen-bond acceptors (Lipinski definition) is 2. The van der Waals surface area contributed by atoms with Crippen molar-refractivity contribution in [1.29, 1.82) is 0 Å². The monoisotopic (exact) mass is 254 g/mol. The lowest BCUT2D eigenvalue weighted by Gasteiger charge is -2.09. The Morgan fingerprint density at radius 3 is 2.37 bits per heavy atom. The van der Waals surface area contributed by atoms with E-state index in [1.165, 1.54) is 11.1 Å². The van der Waals surface area contributed by atoms with Crippen LogP contribution in [0, 0.1) is 0 Å². The van der Waals surface area contributed by atoms with E-state index in [4.69, 9.17) is 0 Å². The first kappa shape index (κ1) is 13.3. The second-order valence-corrected chi connectivity index (χ2v) is 4.44. The average Bonchev–Trinajstić information content (AvgIpc) is 2.47. The van der Waals surface area contributed by atoms with Gasteiger partial charge in [-0.1, -0.05) is 19.9 Å². The van der Waals surface area contributed by atoms with Crippen LogP contribution in [0.25, 0.3) is 0 Å². The third-order valence-corrected chi connectivity index (χ3v) is 3.05. The van der Waals surface area contributed by atoms with Gasteiger partial charge in [-0.3, -0.25) is 9.78 Å². The Kier molecular flexibility index (Phi) is 4.29. The highest BCUT2D eigenvalue weighted by atomic mass is 16.1. The lowest BCUT2D eigenvalue weighted by atomic mass is 10.1. The summed E-state index contributed by atoms with van der Waals surface area (Å²) in [6.07, 6.45) is 5.15. The molecule has 1 aromatic carbocycles. The van der Waals surface area contributed by atoms with Gasteiger partial charge in [0.2, 0.25) is 0 Å². The number of carbonyl (C=O) groups is 1. The van der Waals surface area contributed by atoms with Crippen LogP contribution in [0.4, 0.5) is 5.69 Å². The van der Waals surface area contributed by atoms with Gasteiger partial charge in [0.15, 0.2) is 0 Å². The van der Waals surface area contributed by atoms with Gasteiger partial charge in [0.25, 0.3) is 5.91 Å². The van der Waals surface area contributed by atoms with E-state index < -0.39 is 0 Å². The van der Waals surface area contributed by atoms with Crippen LogP contribution in [0.5, 0.6) is 0 Å². The molecule has 0 saturated heterocycles. The van der Waals surface area contributed by atoms with Crippen LogP contribution in [0.3, 0.4) is 0 Å². The lowest BCUT2D eigenvalue weighted by molar-refractivity contribution is 0.102. The highest BCUT2D eigenvalue weighted by molar-refractivity contribution is 6.04. The fourth-order valence-corrected chi connectivity index (χ4v) is 1.94. The van der Waals surface area contributed by atoms with E-state index in [1.807, 2.05) is 12.1 Å². The fourth-order valence-electron chi connectivity index (χ4n) is 1.94. The first-order valence-corrected chi connectivity index (χ1v) is 6.57. The summed E-state index contributed by atoms with van der Waals surface area (Å²) in [6.45, 7) is 4.23. The van der Waals surface area contributed by atoms with Crippen LogP contribution < -0.4 is 5.32 Å². The summed E-state index contributed by atoms with van der Waals surface area (Å²) in [7, 11) is 0. The zero-order chi connectivity index (χ0) is 13.7. The van der Waals surface area contributed by atoms with Crippen LogP contribution in [0.15, 0.2) is 42.7 Å². The van der Waals surface area contributed by atoms with E-state index in [0.717, 1.165) is 18.5 Å². The molecular formula is C16H18N2O. The summed E-state index contributed by atoms with van der Waals surface area (Å²) in [6, 6.07) is 9.74. The molecule has 0 unspecified atom stereocenters. The van der Waals surface area contributed by atoms with Crippen LogP contribution >= 0.6 is 0 Å². The summed E-state index contributed by atoms with van der Waals surface area (Å²) < 4.78 is 0. The van der Waals surface area contributed by atoms with Crippen molar-refractivity contribution < 1.29 is 4.79 Å². The fraction of sp³-hybridized carbons (Fsp3) is 0.250. The van der Waals surface area contributed by atoms with Crippen LogP contribution in [-0.2, 0) is 12.8 Å². The molecule has 0 bridgehead atoms. The second kappa shape index (κ2) is 6.14. The smallest absolute Gasteiger partial charge is 0.257 e. The molecule has 0 aliphatic heterocycles. The van der Waals surface area contributed by atoms with Gasteiger partial charge in [-0.25, -0.2) is 0 Å². The van der Waals surface area contributed by atoms with Gasteiger partial charge in [0.1, 0.15) is 0 Å². The standard InChI is InChI=1S/C16H18N2O/c1-3-12-8-13(4-2)10-15(9-12)18-16(19)14-6-5-7-17-11-14/h5-11H,3-4H2,1-2H3,(H,18,19). The molecule has 98 valence electrons. The van der Waals surface area contributed by atoms with E-state index in [9.17, 15) is 4.79 Å². The van der Waals surface area contributed by atoms with E-state index in [-0.39, 0.29) is 5.91 Å². The number of rotatable bonds is 4. The molecule has 1 aromatic heterocycles. The molecule has 3 nitrogen and oxygen atoms in total. The predicted octanol–water partition coefficient (Wildman–Crippen LogP) is 3.46. The summed E-state index contributed by atoms with van der Waals surface area (Å²) in [5.74, 6) is -0.122. The van der Waals surface area contributed by atoms with E-state index in [1.54, 1.807) is 24.5 Å². The van der Waals surface area contributed by atoms with Crippen molar-refractivity contribution in [1.82, 2.24) is 4.98 Å². The minimum absolute atomic E-state index is 0.122. The number of amides is 1. The lowest BCUT2D eigenvalue weighted by Crippen LogP contribution is -2.12. The van der Waals surface area contributed by atoms with Crippen LogP contribution in [-0.4, -0.2) is 10.9 Å². The third kappa shape index (κ3) is 3.41. The van der Waals surface area contributed by atoms with Crippen molar-refractivity contribution in [2.45, 2.75) is 26.7 Å². The Labute approximate surface area is 113 Å². The number of pyridine rings is 1. The van der Waals surface area contributed by atoms with Gasteiger partial charge < -0.3 is 5.32 Å². The minimum atomic E-state index is -0.122. The molecule has 0 spiro atoms. The number of nitrogens with zero attached hydrogens (tertiary/aromatic N) is 1. The zero-order valence-corrected chi connectivity index (χ0v) is 11.3. The van der Waals surface area contributed by atoms with Gasteiger partial charge in [0.05, 0.1) is 5.56 Å². The largest absolute Gasteiger partial charge is 0.322 e. The highest BCUT2D eigenvalue weighted by Crippen LogP contribution is 2.17. The Bertz CT molecular complexity index is 542. The molecule has 19 heavy (non-hydrogen) atoms. The molecule has 3 heteroatoms. The first-order chi connectivity index (χ1) is 9.22. The SMILES string of the molecule is CCc1cc(CC)cc(NC(=O)c2cccnc2)c1. The number of aromatic nitrogens is 1. The van der Waals surface area contributed by atoms with Crippen molar-refractivity contribution in [2.24, 2.45) is 0 Å². The van der Waals surface area contributed by atoms with Gasteiger partial charge >= 0.3 is 0 Å². The van der Waals surface area contributed by atoms with Crippen molar-refractivity contribution in [3.8, 4) is 0 Å². The van der Waals surface area contributed by atoms with Gasteiger partial charge in [-0.15, -0.1) is 0 Å². The summed E-state index contributed by atoms with van der Waals surface area (Å²) >= 11 is 0. The molecule has 0 atom stereocenters. The summed E-state index contributed by atoms with van der Waals surface area (Å²) in [5.41, 5.74) is 3.90. The molecule has 0 saturated carbocycles. The topological polar surface area (TPSA) is 42.0 Å². The van der Waals surface area contributed by atoms with Gasteiger partial charge in [-0.2, -0.15) is 0 Å². The van der Waals surface area contributed by atoms with E-state index in [2.05, 4.69) is 30.2 Å². The zero-order valence-electron chi connectivity index (χ0n) is 11.3. The quantitative estimate of drug-likeness (QED) is 0.907. The predicted molar refractivity (Wildman–Crippen MR) is 77.4 cm³/mol. The number of benzene rings is 1. The molecule has 1 amide bonds. The maximum Gasteiger partial charge on any atom is 0.257 e. The Morgan fingerprint density at radius 1 is 1.16 bits per heavy atom. The first-order valence-electron chi connectivity index (χ1n) is 6.57. The molecule has 1 heterocycles. The Morgan fingerprint density at radius 2 is 1.84 bits per heavy atom. The molecule has 2 rings (SSSR count). The molecule has 1 N–H and O–H groups in total. The maximum atomic E-state index is 12.1. The minimum Gasteiger partial charge on any atom is -0.322 e. The second-order valence-electron chi connectivity index (χ2n) is 4.44. The normalized spacial score (nSPS) is 10.2. The molecule has 0 aliphatic rings. The van der Waals surface area contributed by atoms with Gasteiger partial charge in [-0.05, 0) is 48.2 Å². The van der Waals surface area contributed by atoms with Crippen molar-refractivity contribution in [3.05, 3.63) is 59.4 Å². The van der Waals surface area contributed by atoms with Crippen molar-refractivity contribution in [3.63, 3.8) is 0 Å².